The molecule has 0 spiro atoms. The van der Waals surface area contributed by atoms with Crippen LogP contribution in [0.25, 0.3) is 0 Å². The maximum Gasteiger partial charge on any atom is 0.344 e. The summed E-state index contributed by atoms with van der Waals surface area (Å²) >= 11 is 0. The summed E-state index contributed by atoms with van der Waals surface area (Å²) in [5.74, 6) is -0.775. The van der Waals surface area contributed by atoms with Gasteiger partial charge in [0.05, 0.1) is 6.54 Å². The maximum atomic E-state index is 12.4. The van der Waals surface area contributed by atoms with Crippen molar-refractivity contribution >= 4 is 17.8 Å². The fourth-order valence-electron chi connectivity index (χ4n) is 3.55. The molecule has 140 valence electrons. The fourth-order valence-corrected chi connectivity index (χ4v) is 3.55. The number of hydrogen-bond acceptors (Lipinski definition) is 4. The van der Waals surface area contributed by atoms with Gasteiger partial charge in [-0.1, -0.05) is 36.8 Å². The number of amides is 4. The minimum Gasteiger partial charge on any atom is -0.322 e. The zero-order chi connectivity index (χ0) is 18.9. The van der Waals surface area contributed by atoms with Gasteiger partial charge in [-0.15, -0.1) is 0 Å². The van der Waals surface area contributed by atoms with Crippen molar-refractivity contribution in [3.05, 3.63) is 35.4 Å². The van der Waals surface area contributed by atoms with Crippen molar-refractivity contribution in [1.82, 2.24) is 20.7 Å². The van der Waals surface area contributed by atoms with Gasteiger partial charge in [0.1, 0.15) is 5.54 Å². The number of imide groups is 1. The Balaban J connectivity index is 1.63. The Kier molecular flexibility index (Phi) is 5.00. The number of carbonyl (C=O) groups is 3. The summed E-state index contributed by atoms with van der Waals surface area (Å²) in [4.78, 5) is 38.9. The van der Waals surface area contributed by atoms with Crippen molar-refractivity contribution < 1.29 is 14.4 Å². The highest BCUT2D eigenvalue weighted by Gasteiger charge is 2.47. The van der Waals surface area contributed by atoms with Crippen LogP contribution in [-0.2, 0) is 9.59 Å². The molecule has 2 saturated heterocycles. The van der Waals surface area contributed by atoms with E-state index in [0.29, 0.717) is 6.42 Å². The topological polar surface area (TPSA) is 81.8 Å². The van der Waals surface area contributed by atoms with Crippen LogP contribution in [0.4, 0.5) is 4.79 Å². The molecule has 2 aliphatic heterocycles. The smallest absolute Gasteiger partial charge is 0.322 e. The van der Waals surface area contributed by atoms with Gasteiger partial charge in [-0.05, 0) is 45.2 Å². The van der Waals surface area contributed by atoms with Gasteiger partial charge in [-0.25, -0.2) is 4.79 Å². The summed E-state index contributed by atoms with van der Waals surface area (Å²) in [7, 11) is 0. The van der Waals surface area contributed by atoms with Crippen molar-refractivity contribution in [2.45, 2.75) is 51.6 Å². The zero-order valence-corrected chi connectivity index (χ0v) is 15.5. The first kappa shape index (κ1) is 18.4. The van der Waals surface area contributed by atoms with Crippen LogP contribution in [0.2, 0.25) is 0 Å². The van der Waals surface area contributed by atoms with Crippen LogP contribution in [0.1, 0.15) is 50.3 Å². The average Bonchev–Trinajstić information content (AvgIpc) is 3.14. The number of urea groups is 1. The lowest BCUT2D eigenvalue weighted by atomic mass is 10.00. The number of hydrazine groups is 1. The zero-order valence-electron chi connectivity index (χ0n) is 15.5. The molecule has 26 heavy (non-hydrogen) atoms. The lowest BCUT2D eigenvalue weighted by Crippen LogP contribution is -2.51. The SMILES string of the molecule is CC[C@]1(C)NC(=O)N(NC(=O)CN2CCC[C@H]2c2ccc(C)cc2)C1=O. The van der Waals surface area contributed by atoms with Gasteiger partial charge in [-0.2, -0.15) is 5.01 Å². The number of likely N-dealkylation sites (tertiary alicyclic amines) is 1. The van der Waals surface area contributed by atoms with Gasteiger partial charge in [0.2, 0.25) is 0 Å². The largest absolute Gasteiger partial charge is 0.344 e. The fraction of sp³-hybridized carbons (Fsp3) is 0.526. The quantitative estimate of drug-likeness (QED) is 0.788. The standard InChI is InChI=1S/C19H26N4O3/c1-4-19(3)17(25)23(18(26)20-19)21-16(24)12-22-11-5-6-15(22)14-9-7-13(2)8-10-14/h7-10,15H,4-6,11-12H2,1-3H3,(H,20,26)(H,21,24)/t15-,19-/m0/s1. The van der Waals surface area contributed by atoms with Crippen LogP contribution in [0, 0.1) is 6.92 Å². The van der Waals surface area contributed by atoms with Gasteiger partial charge in [0.15, 0.2) is 0 Å². The van der Waals surface area contributed by atoms with E-state index in [-0.39, 0.29) is 18.5 Å². The van der Waals surface area contributed by atoms with E-state index in [1.54, 1.807) is 6.92 Å². The van der Waals surface area contributed by atoms with Crippen LogP contribution in [0.15, 0.2) is 24.3 Å². The van der Waals surface area contributed by atoms with E-state index in [2.05, 4.69) is 39.9 Å². The van der Waals surface area contributed by atoms with Crippen LogP contribution in [-0.4, -0.2) is 46.4 Å². The third-order valence-corrected chi connectivity index (χ3v) is 5.38. The first-order valence-electron chi connectivity index (χ1n) is 9.11. The molecule has 2 heterocycles. The minimum absolute atomic E-state index is 0.151. The number of carbonyl (C=O) groups excluding carboxylic acids is 3. The van der Waals surface area contributed by atoms with Crippen molar-refractivity contribution in [2.75, 3.05) is 13.1 Å². The number of rotatable bonds is 5. The highest BCUT2D eigenvalue weighted by molar-refractivity contribution is 6.07. The predicted molar refractivity (Wildman–Crippen MR) is 96.9 cm³/mol. The molecule has 0 saturated carbocycles. The molecule has 0 aliphatic carbocycles. The first-order chi connectivity index (χ1) is 12.3. The highest BCUT2D eigenvalue weighted by Crippen LogP contribution is 2.31. The van der Waals surface area contributed by atoms with Crippen LogP contribution < -0.4 is 10.7 Å². The van der Waals surface area contributed by atoms with E-state index in [9.17, 15) is 14.4 Å². The van der Waals surface area contributed by atoms with Crippen LogP contribution in [0.5, 0.6) is 0 Å². The van der Waals surface area contributed by atoms with Crippen LogP contribution in [0.3, 0.4) is 0 Å². The third kappa shape index (κ3) is 3.44. The first-order valence-corrected chi connectivity index (χ1v) is 9.11. The number of nitrogens with one attached hydrogen (secondary N) is 2. The van der Waals surface area contributed by atoms with E-state index in [1.165, 1.54) is 11.1 Å². The van der Waals surface area contributed by atoms with E-state index >= 15 is 0 Å². The van der Waals surface area contributed by atoms with Crippen molar-refractivity contribution in [1.29, 1.82) is 0 Å². The molecule has 2 aliphatic rings. The molecule has 2 fully saturated rings. The summed E-state index contributed by atoms with van der Waals surface area (Å²) in [5, 5.41) is 3.44. The molecule has 0 unspecified atom stereocenters. The summed E-state index contributed by atoms with van der Waals surface area (Å²) in [6, 6.07) is 7.95. The molecule has 3 rings (SSSR count). The molecule has 0 aromatic heterocycles. The number of hydrogen-bond donors (Lipinski definition) is 2. The highest BCUT2D eigenvalue weighted by atomic mass is 16.2. The summed E-state index contributed by atoms with van der Waals surface area (Å²) in [6.07, 6.45) is 2.47. The normalized spacial score (nSPS) is 26.3. The molecule has 2 atom stereocenters. The number of nitrogens with zero attached hydrogens (tertiary/aromatic N) is 2. The Labute approximate surface area is 153 Å². The number of benzene rings is 1. The van der Waals surface area contributed by atoms with Gasteiger partial charge in [-0.3, -0.25) is 19.9 Å². The summed E-state index contributed by atoms with van der Waals surface area (Å²) in [5.41, 5.74) is 3.90. The lowest BCUT2D eigenvalue weighted by Gasteiger charge is -2.25. The van der Waals surface area contributed by atoms with Crippen molar-refractivity contribution in [3.8, 4) is 0 Å². The average molecular weight is 358 g/mol. The Bertz CT molecular complexity index is 718. The van der Waals surface area contributed by atoms with Gasteiger partial charge < -0.3 is 5.32 Å². The second-order valence-corrected chi connectivity index (χ2v) is 7.33. The molecule has 0 radical (unpaired) electrons. The van der Waals surface area contributed by atoms with E-state index in [0.717, 1.165) is 24.4 Å². The monoisotopic (exact) mass is 358 g/mol. The van der Waals surface area contributed by atoms with Crippen molar-refractivity contribution in [3.63, 3.8) is 0 Å². The molecule has 0 bridgehead atoms. The molecule has 1 aromatic rings. The molecule has 1 aromatic carbocycles. The molecule has 7 nitrogen and oxygen atoms in total. The maximum absolute atomic E-state index is 12.4. The molecule has 7 heteroatoms. The summed E-state index contributed by atoms with van der Waals surface area (Å²) < 4.78 is 0. The Morgan fingerprint density at radius 1 is 1.31 bits per heavy atom. The van der Waals surface area contributed by atoms with Crippen molar-refractivity contribution in [2.24, 2.45) is 0 Å². The van der Waals surface area contributed by atoms with Gasteiger partial charge >= 0.3 is 6.03 Å². The Morgan fingerprint density at radius 2 is 2.00 bits per heavy atom. The number of aryl methyl sites for hydroxylation is 1. The van der Waals surface area contributed by atoms with E-state index in [4.69, 9.17) is 0 Å². The second kappa shape index (κ2) is 7.07. The lowest BCUT2D eigenvalue weighted by molar-refractivity contribution is -0.139. The van der Waals surface area contributed by atoms with E-state index < -0.39 is 17.5 Å². The molecular weight excluding hydrogens is 332 g/mol. The third-order valence-electron chi connectivity index (χ3n) is 5.38. The Morgan fingerprint density at radius 3 is 2.62 bits per heavy atom. The predicted octanol–water partition coefficient (Wildman–Crippen LogP) is 1.88. The van der Waals surface area contributed by atoms with Crippen LogP contribution >= 0.6 is 0 Å². The van der Waals surface area contributed by atoms with E-state index in [1.807, 2.05) is 13.8 Å². The Hall–Kier alpha value is -2.41. The summed E-state index contributed by atoms with van der Waals surface area (Å²) in [6.45, 7) is 6.50. The van der Waals surface area contributed by atoms with Gasteiger partial charge in [0, 0.05) is 6.04 Å². The molecule has 4 amide bonds. The molecular formula is C19H26N4O3. The minimum atomic E-state index is -0.956. The molecule has 2 N–H and O–H groups in total. The van der Waals surface area contributed by atoms with Gasteiger partial charge in [0.25, 0.3) is 11.8 Å². The second-order valence-electron chi connectivity index (χ2n) is 7.33.